The number of methoxy groups -OCH3 is 1. The molecule has 2 aromatic rings. The van der Waals surface area contributed by atoms with Crippen molar-refractivity contribution in [3.63, 3.8) is 0 Å². The molecule has 4 rings (SSSR count). The van der Waals surface area contributed by atoms with Crippen LogP contribution in [0.25, 0.3) is 0 Å². The molecule has 0 aliphatic carbocycles. The van der Waals surface area contributed by atoms with Gasteiger partial charge in [-0.1, -0.05) is 6.92 Å². The number of benzene rings is 2. The molecule has 0 bridgehead atoms. The lowest BCUT2D eigenvalue weighted by Gasteiger charge is -2.42. The molecule has 0 unspecified atom stereocenters. The molecule has 3 amide bonds. The summed E-state index contributed by atoms with van der Waals surface area (Å²) in [7, 11) is 3.32. The van der Waals surface area contributed by atoms with Gasteiger partial charge in [-0.2, -0.15) is 0 Å². The van der Waals surface area contributed by atoms with Gasteiger partial charge in [0, 0.05) is 24.8 Å². The predicted molar refractivity (Wildman–Crippen MR) is 135 cm³/mol. The third-order valence-corrected chi connectivity index (χ3v) is 6.61. The average Bonchev–Trinajstić information content (AvgIpc) is 2.89. The van der Waals surface area contributed by atoms with E-state index in [0.717, 1.165) is 6.42 Å². The molecule has 3 atom stereocenters. The first-order valence-electron chi connectivity index (χ1n) is 12.3. The first kappa shape index (κ1) is 25.5. The molecular formula is C27H33N3O6. The number of carbonyl (C=O) groups excluding carboxylic acids is 3. The molecule has 0 spiro atoms. The molecule has 1 saturated heterocycles. The number of hydrogen-bond acceptors (Lipinski definition) is 6. The molecule has 0 radical (unpaired) electrons. The number of carbonyl (C=O) groups is 3. The molecular weight excluding hydrogens is 462 g/mol. The van der Waals surface area contributed by atoms with Crippen LogP contribution in [0.3, 0.4) is 0 Å². The van der Waals surface area contributed by atoms with E-state index in [0.29, 0.717) is 54.1 Å². The van der Waals surface area contributed by atoms with Crippen molar-refractivity contribution in [2.75, 3.05) is 32.6 Å². The fraction of sp³-hybridized carbons (Fsp3) is 0.444. The van der Waals surface area contributed by atoms with Crippen molar-refractivity contribution in [3.8, 4) is 11.5 Å². The zero-order chi connectivity index (χ0) is 25.7. The molecule has 2 aromatic carbocycles. The van der Waals surface area contributed by atoms with Crippen molar-refractivity contribution in [1.82, 2.24) is 10.2 Å². The van der Waals surface area contributed by atoms with Gasteiger partial charge in [-0.3, -0.25) is 14.4 Å². The van der Waals surface area contributed by atoms with E-state index < -0.39 is 0 Å². The molecule has 2 aliphatic rings. The number of nitrogens with zero attached hydrogens (tertiary/aromatic N) is 1. The topological polar surface area (TPSA) is 106 Å². The van der Waals surface area contributed by atoms with Gasteiger partial charge >= 0.3 is 0 Å². The first-order valence-corrected chi connectivity index (χ1v) is 12.3. The van der Waals surface area contributed by atoms with Gasteiger partial charge in [-0.15, -0.1) is 0 Å². The maximum absolute atomic E-state index is 13.4. The summed E-state index contributed by atoms with van der Waals surface area (Å²) in [6.07, 6.45) is 2.04. The second-order valence-electron chi connectivity index (χ2n) is 9.12. The second-order valence-corrected chi connectivity index (χ2v) is 9.12. The van der Waals surface area contributed by atoms with E-state index in [9.17, 15) is 14.4 Å². The lowest BCUT2D eigenvalue weighted by Crippen LogP contribution is -2.54. The van der Waals surface area contributed by atoms with Crippen LogP contribution in [0.5, 0.6) is 11.5 Å². The van der Waals surface area contributed by atoms with Crippen molar-refractivity contribution in [2.45, 2.75) is 50.9 Å². The van der Waals surface area contributed by atoms with Gasteiger partial charge in [0.25, 0.3) is 11.8 Å². The van der Waals surface area contributed by atoms with Crippen LogP contribution in [-0.2, 0) is 9.53 Å². The van der Waals surface area contributed by atoms with Gasteiger partial charge in [0.1, 0.15) is 24.2 Å². The molecule has 2 heterocycles. The maximum atomic E-state index is 13.4. The number of fused-ring (bicyclic) bond motifs is 2. The average molecular weight is 496 g/mol. The monoisotopic (exact) mass is 495 g/mol. The van der Waals surface area contributed by atoms with Crippen molar-refractivity contribution in [1.29, 1.82) is 0 Å². The molecule has 0 aromatic heterocycles. The fourth-order valence-corrected chi connectivity index (χ4v) is 4.59. The Morgan fingerprint density at radius 2 is 1.92 bits per heavy atom. The van der Waals surface area contributed by atoms with Gasteiger partial charge in [-0.25, -0.2) is 0 Å². The first-order chi connectivity index (χ1) is 17.4. The van der Waals surface area contributed by atoms with Crippen LogP contribution in [0.4, 0.5) is 5.69 Å². The van der Waals surface area contributed by atoms with Crippen LogP contribution in [0.15, 0.2) is 42.5 Å². The number of likely N-dealkylation sites (N-methyl/N-ethyl adjacent to an activating group) is 1. The summed E-state index contributed by atoms with van der Waals surface area (Å²) in [6, 6.07) is 11.6. The van der Waals surface area contributed by atoms with Gasteiger partial charge < -0.3 is 29.7 Å². The van der Waals surface area contributed by atoms with Crippen molar-refractivity contribution < 1.29 is 28.6 Å². The summed E-state index contributed by atoms with van der Waals surface area (Å²) in [6.45, 7) is 2.92. The van der Waals surface area contributed by atoms with E-state index in [1.165, 1.54) is 0 Å². The van der Waals surface area contributed by atoms with Gasteiger partial charge in [0.05, 0.1) is 31.2 Å². The van der Waals surface area contributed by atoms with Crippen LogP contribution < -0.4 is 20.1 Å². The number of ether oxygens (including phenoxy) is 3. The predicted octanol–water partition coefficient (Wildman–Crippen LogP) is 3.24. The van der Waals surface area contributed by atoms with Gasteiger partial charge in [0.15, 0.2) is 0 Å². The third kappa shape index (κ3) is 5.79. The molecule has 192 valence electrons. The Morgan fingerprint density at radius 3 is 2.64 bits per heavy atom. The van der Waals surface area contributed by atoms with Crippen LogP contribution in [-0.4, -0.2) is 68.2 Å². The highest BCUT2D eigenvalue weighted by Crippen LogP contribution is 2.32. The molecule has 9 heteroatoms. The van der Waals surface area contributed by atoms with E-state index in [4.69, 9.17) is 14.2 Å². The summed E-state index contributed by atoms with van der Waals surface area (Å²) in [5.74, 6) is 0.572. The highest BCUT2D eigenvalue weighted by Gasteiger charge is 2.39. The molecule has 1 fully saturated rings. The number of rotatable bonds is 7. The quantitative estimate of drug-likeness (QED) is 0.611. The van der Waals surface area contributed by atoms with Crippen LogP contribution in [0, 0.1) is 0 Å². The summed E-state index contributed by atoms with van der Waals surface area (Å²) >= 11 is 0. The number of nitrogens with one attached hydrogen (secondary N) is 2. The minimum atomic E-state index is -0.334. The van der Waals surface area contributed by atoms with Crippen molar-refractivity contribution >= 4 is 23.4 Å². The van der Waals surface area contributed by atoms with Crippen LogP contribution in [0.2, 0.25) is 0 Å². The normalized spacial score (nSPS) is 21.2. The largest absolute Gasteiger partial charge is 0.497 e. The van der Waals surface area contributed by atoms with E-state index in [2.05, 4.69) is 10.6 Å². The third-order valence-electron chi connectivity index (χ3n) is 6.61. The number of hydrogen-bond donors (Lipinski definition) is 2. The Bertz CT molecular complexity index is 1100. The lowest BCUT2D eigenvalue weighted by molar-refractivity contribution is -0.134. The second kappa shape index (κ2) is 11.4. The minimum absolute atomic E-state index is 0.0222. The Kier molecular flexibility index (Phi) is 8.10. The highest BCUT2D eigenvalue weighted by atomic mass is 16.5. The van der Waals surface area contributed by atoms with Crippen LogP contribution in [0.1, 0.15) is 53.3 Å². The highest BCUT2D eigenvalue weighted by molar-refractivity contribution is 6.05. The molecule has 2 aliphatic heterocycles. The molecule has 9 nitrogen and oxygen atoms in total. The lowest BCUT2D eigenvalue weighted by atomic mass is 9.94. The number of amides is 3. The fourth-order valence-electron chi connectivity index (χ4n) is 4.59. The maximum Gasteiger partial charge on any atom is 0.257 e. The van der Waals surface area contributed by atoms with E-state index in [1.807, 2.05) is 6.92 Å². The van der Waals surface area contributed by atoms with E-state index >= 15 is 0 Å². The van der Waals surface area contributed by atoms with Gasteiger partial charge in [0.2, 0.25) is 5.91 Å². The van der Waals surface area contributed by atoms with Crippen LogP contribution >= 0.6 is 0 Å². The zero-order valence-electron chi connectivity index (χ0n) is 20.9. The molecule has 36 heavy (non-hydrogen) atoms. The Balaban J connectivity index is 1.45. The van der Waals surface area contributed by atoms with Gasteiger partial charge in [-0.05, 0) is 61.7 Å². The summed E-state index contributed by atoms with van der Waals surface area (Å²) in [5.41, 5.74) is 1.35. The standard InChI is InChI=1S/C27H33N3O6/c1-4-13-28-25(31)15-20-10-11-22-24(36-20)16-35-23-12-7-18(14-21(23)27(33)30(22)2)29-26(32)17-5-8-19(34-3)9-6-17/h5-9,12,14,20,22,24H,4,10-11,13,15-16H2,1-3H3,(H,28,31)(H,29,32)/t20-,22+,24+/m0/s1. The SMILES string of the molecule is CCCNC(=O)C[C@@H]1CC[C@@H]2[C@@H](COc3ccc(NC(=O)c4ccc(OC)cc4)cc3C(=O)N2C)O1. The molecule has 2 N–H and O–H groups in total. The van der Waals surface area contributed by atoms with E-state index in [1.54, 1.807) is 61.5 Å². The Labute approximate surface area is 211 Å². The zero-order valence-corrected chi connectivity index (χ0v) is 20.9. The smallest absolute Gasteiger partial charge is 0.257 e. The summed E-state index contributed by atoms with van der Waals surface area (Å²) in [4.78, 5) is 39.9. The Morgan fingerprint density at radius 1 is 1.14 bits per heavy atom. The Hall–Kier alpha value is -3.59. The van der Waals surface area contributed by atoms with Crippen molar-refractivity contribution in [3.05, 3.63) is 53.6 Å². The minimum Gasteiger partial charge on any atom is -0.497 e. The van der Waals surface area contributed by atoms with E-state index in [-0.39, 0.29) is 42.6 Å². The molecule has 0 saturated carbocycles. The van der Waals surface area contributed by atoms with Crippen molar-refractivity contribution in [2.24, 2.45) is 0 Å². The number of anilines is 1. The summed E-state index contributed by atoms with van der Waals surface area (Å²) < 4.78 is 17.3. The summed E-state index contributed by atoms with van der Waals surface area (Å²) in [5, 5.41) is 5.73.